The number of hydrogen-bond donors (Lipinski definition) is 1. The molecular formula is C17H27NO. The lowest BCUT2D eigenvalue weighted by Crippen LogP contribution is -2.17. The first-order valence-electron chi connectivity index (χ1n) is 7.78. The molecule has 0 saturated carbocycles. The number of unbranched alkanes of at least 4 members (excludes halogenated alkanes) is 3. The van der Waals surface area contributed by atoms with Crippen LogP contribution in [0.2, 0.25) is 0 Å². The van der Waals surface area contributed by atoms with Crippen molar-refractivity contribution in [3.63, 3.8) is 0 Å². The van der Waals surface area contributed by atoms with Gasteiger partial charge in [-0.25, -0.2) is 0 Å². The van der Waals surface area contributed by atoms with Crippen LogP contribution in [0.25, 0.3) is 0 Å². The van der Waals surface area contributed by atoms with Crippen molar-refractivity contribution in [1.82, 2.24) is 5.32 Å². The summed E-state index contributed by atoms with van der Waals surface area (Å²) in [6, 6.07) is 7.21. The molecule has 0 radical (unpaired) electrons. The lowest BCUT2D eigenvalue weighted by atomic mass is 9.96. The molecule has 1 heterocycles. The molecular weight excluding hydrogens is 234 g/mol. The van der Waals surface area contributed by atoms with Gasteiger partial charge in [0, 0.05) is 6.04 Å². The van der Waals surface area contributed by atoms with Crippen molar-refractivity contribution in [1.29, 1.82) is 0 Å². The molecule has 0 fully saturated rings. The normalized spacial score (nSPS) is 15.7. The largest absolute Gasteiger partial charge is 0.493 e. The minimum atomic E-state index is 0.490. The van der Waals surface area contributed by atoms with E-state index in [2.05, 4.69) is 37.5 Å². The summed E-state index contributed by atoms with van der Waals surface area (Å²) >= 11 is 0. The molecule has 1 N–H and O–H groups in total. The Kier molecular flexibility index (Phi) is 5.71. The third-order valence-corrected chi connectivity index (χ3v) is 4.03. The lowest BCUT2D eigenvalue weighted by Gasteiger charge is -2.21. The summed E-state index contributed by atoms with van der Waals surface area (Å²) in [5.74, 6) is 1.09. The van der Waals surface area contributed by atoms with E-state index in [1.807, 2.05) is 0 Å². The third kappa shape index (κ3) is 3.97. The molecule has 1 aliphatic rings. The first kappa shape index (κ1) is 14.4. The zero-order valence-corrected chi connectivity index (χ0v) is 12.4. The van der Waals surface area contributed by atoms with Crippen molar-refractivity contribution in [2.75, 3.05) is 13.7 Å². The predicted octanol–water partition coefficient (Wildman–Crippen LogP) is 4.24. The SMILES string of the molecule is CCCCCCC(NC)c1ccc2c(c1)CCCO2. The molecule has 2 nitrogen and oxygen atoms in total. The van der Waals surface area contributed by atoms with Gasteiger partial charge in [0.1, 0.15) is 5.75 Å². The molecule has 1 aliphatic heterocycles. The summed E-state index contributed by atoms with van der Waals surface area (Å²) < 4.78 is 5.68. The molecule has 2 heteroatoms. The smallest absolute Gasteiger partial charge is 0.122 e. The highest BCUT2D eigenvalue weighted by Gasteiger charge is 2.14. The molecule has 0 saturated heterocycles. The molecule has 1 atom stereocenters. The van der Waals surface area contributed by atoms with E-state index in [1.165, 1.54) is 43.2 Å². The molecule has 0 amide bonds. The van der Waals surface area contributed by atoms with Crippen molar-refractivity contribution in [2.45, 2.75) is 57.9 Å². The fourth-order valence-electron chi connectivity index (χ4n) is 2.85. The number of aryl methyl sites for hydroxylation is 1. The van der Waals surface area contributed by atoms with E-state index in [1.54, 1.807) is 0 Å². The maximum absolute atomic E-state index is 5.68. The van der Waals surface area contributed by atoms with Crippen LogP contribution in [-0.2, 0) is 6.42 Å². The first-order valence-corrected chi connectivity index (χ1v) is 7.78. The van der Waals surface area contributed by atoms with E-state index in [0.29, 0.717) is 6.04 Å². The van der Waals surface area contributed by atoms with Gasteiger partial charge in [0.2, 0.25) is 0 Å². The van der Waals surface area contributed by atoms with Crippen LogP contribution in [0.15, 0.2) is 18.2 Å². The second-order valence-corrected chi connectivity index (χ2v) is 5.51. The molecule has 1 unspecified atom stereocenters. The maximum Gasteiger partial charge on any atom is 0.122 e. The summed E-state index contributed by atoms with van der Waals surface area (Å²) in [7, 11) is 2.07. The van der Waals surface area contributed by atoms with Gasteiger partial charge in [-0.3, -0.25) is 0 Å². The van der Waals surface area contributed by atoms with E-state index in [0.717, 1.165) is 25.2 Å². The number of fused-ring (bicyclic) bond motifs is 1. The molecule has 0 spiro atoms. The third-order valence-electron chi connectivity index (χ3n) is 4.03. The van der Waals surface area contributed by atoms with Crippen molar-refractivity contribution in [3.05, 3.63) is 29.3 Å². The van der Waals surface area contributed by atoms with E-state index < -0.39 is 0 Å². The molecule has 0 aliphatic carbocycles. The summed E-state index contributed by atoms with van der Waals surface area (Å²) in [6.45, 7) is 3.14. The Hall–Kier alpha value is -1.02. The minimum absolute atomic E-state index is 0.490. The second-order valence-electron chi connectivity index (χ2n) is 5.51. The second kappa shape index (κ2) is 7.54. The van der Waals surface area contributed by atoms with Gasteiger partial charge in [-0.2, -0.15) is 0 Å². The molecule has 1 aromatic carbocycles. The van der Waals surface area contributed by atoms with Gasteiger partial charge in [0.25, 0.3) is 0 Å². The van der Waals surface area contributed by atoms with Crippen LogP contribution in [-0.4, -0.2) is 13.7 Å². The van der Waals surface area contributed by atoms with E-state index in [4.69, 9.17) is 4.74 Å². The molecule has 19 heavy (non-hydrogen) atoms. The summed E-state index contributed by atoms with van der Waals surface area (Å²) in [6.07, 6.45) is 8.87. The van der Waals surface area contributed by atoms with Crippen LogP contribution >= 0.6 is 0 Å². The summed E-state index contributed by atoms with van der Waals surface area (Å²) in [4.78, 5) is 0. The fourth-order valence-corrected chi connectivity index (χ4v) is 2.85. The van der Waals surface area contributed by atoms with Crippen LogP contribution in [0.4, 0.5) is 0 Å². The standard InChI is InChI=1S/C17H27NO/c1-3-4-5-6-9-16(18-2)14-10-11-17-15(13-14)8-7-12-19-17/h10-11,13,16,18H,3-9,12H2,1-2H3. The Balaban J connectivity index is 1.97. The maximum atomic E-state index is 5.68. The topological polar surface area (TPSA) is 21.3 Å². The van der Waals surface area contributed by atoms with Gasteiger partial charge in [0.05, 0.1) is 6.61 Å². The van der Waals surface area contributed by atoms with E-state index >= 15 is 0 Å². The molecule has 106 valence electrons. The number of benzene rings is 1. The zero-order chi connectivity index (χ0) is 13.5. The van der Waals surface area contributed by atoms with Crippen LogP contribution < -0.4 is 10.1 Å². The fraction of sp³-hybridized carbons (Fsp3) is 0.647. The Morgan fingerprint density at radius 3 is 2.95 bits per heavy atom. The Morgan fingerprint density at radius 1 is 1.26 bits per heavy atom. The Labute approximate surface area is 117 Å². The quantitative estimate of drug-likeness (QED) is 0.741. The number of rotatable bonds is 7. The van der Waals surface area contributed by atoms with Crippen molar-refractivity contribution < 1.29 is 4.74 Å². The average Bonchev–Trinajstić information content (AvgIpc) is 2.47. The molecule has 1 aromatic rings. The number of ether oxygens (including phenoxy) is 1. The molecule has 0 bridgehead atoms. The van der Waals surface area contributed by atoms with E-state index in [9.17, 15) is 0 Å². The van der Waals surface area contributed by atoms with Crippen LogP contribution in [0.1, 0.15) is 62.6 Å². The number of hydrogen-bond acceptors (Lipinski definition) is 2. The lowest BCUT2D eigenvalue weighted by molar-refractivity contribution is 0.288. The molecule has 2 rings (SSSR count). The molecule has 0 aromatic heterocycles. The van der Waals surface area contributed by atoms with E-state index in [-0.39, 0.29) is 0 Å². The van der Waals surface area contributed by atoms with Crippen LogP contribution in [0.5, 0.6) is 5.75 Å². The minimum Gasteiger partial charge on any atom is -0.493 e. The Morgan fingerprint density at radius 2 is 2.16 bits per heavy atom. The van der Waals surface area contributed by atoms with Gasteiger partial charge in [-0.15, -0.1) is 0 Å². The van der Waals surface area contributed by atoms with Crippen molar-refractivity contribution in [3.8, 4) is 5.75 Å². The summed E-state index contributed by atoms with van der Waals surface area (Å²) in [5.41, 5.74) is 2.81. The van der Waals surface area contributed by atoms with Crippen molar-refractivity contribution >= 4 is 0 Å². The monoisotopic (exact) mass is 261 g/mol. The van der Waals surface area contributed by atoms with Crippen LogP contribution in [0, 0.1) is 0 Å². The van der Waals surface area contributed by atoms with Gasteiger partial charge in [-0.05, 0) is 43.5 Å². The average molecular weight is 261 g/mol. The van der Waals surface area contributed by atoms with Gasteiger partial charge >= 0.3 is 0 Å². The van der Waals surface area contributed by atoms with Gasteiger partial charge in [0.15, 0.2) is 0 Å². The highest BCUT2D eigenvalue weighted by Crippen LogP contribution is 2.29. The highest BCUT2D eigenvalue weighted by atomic mass is 16.5. The van der Waals surface area contributed by atoms with Crippen molar-refractivity contribution in [2.24, 2.45) is 0 Å². The van der Waals surface area contributed by atoms with Crippen LogP contribution in [0.3, 0.4) is 0 Å². The van der Waals surface area contributed by atoms with Gasteiger partial charge in [-0.1, -0.05) is 44.7 Å². The number of nitrogens with one attached hydrogen (secondary N) is 1. The highest BCUT2D eigenvalue weighted by molar-refractivity contribution is 5.39. The predicted molar refractivity (Wildman–Crippen MR) is 80.8 cm³/mol. The Bertz CT molecular complexity index is 389. The van der Waals surface area contributed by atoms with Gasteiger partial charge < -0.3 is 10.1 Å². The first-order chi connectivity index (χ1) is 9.35. The summed E-state index contributed by atoms with van der Waals surface area (Å²) in [5, 5.41) is 3.46. The zero-order valence-electron chi connectivity index (χ0n) is 12.4.